The Balaban J connectivity index is 2.34. The molecule has 0 bridgehead atoms. The van der Waals surface area contributed by atoms with Crippen molar-refractivity contribution in [2.75, 3.05) is 5.32 Å². The van der Waals surface area contributed by atoms with Gasteiger partial charge in [0.1, 0.15) is 5.82 Å². The standard InChI is InChI=1S/C17H20ClN3O3/c1-17(2,3)13-10-14(19-15(22)8-9-16(23)24)21(20-13)12-6-4-11(18)5-7-12/h4-7,10H,8-9H2,1-3H3,(H,19,22)(H,23,24). The van der Waals surface area contributed by atoms with Crippen molar-refractivity contribution in [2.45, 2.75) is 39.0 Å². The van der Waals surface area contributed by atoms with Gasteiger partial charge in [0.05, 0.1) is 17.8 Å². The summed E-state index contributed by atoms with van der Waals surface area (Å²) in [5.41, 5.74) is 1.37. The quantitative estimate of drug-likeness (QED) is 0.863. The van der Waals surface area contributed by atoms with E-state index in [0.29, 0.717) is 10.8 Å². The predicted molar refractivity (Wildman–Crippen MR) is 92.8 cm³/mol. The first kappa shape index (κ1) is 18.0. The lowest BCUT2D eigenvalue weighted by molar-refractivity contribution is -0.138. The van der Waals surface area contributed by atoms with Crippen LogP contribution in [-0.4, -0.2) is 26.8 Å². The van der Waals surface area contributed by atoms with Crippen LogP contribution in [-0.2, 0) is 15.0 Å². The van der Waals surface area contributed by atoms with Crippen LogP contribution in [0.5, 0.6) is 0 Å². The van der Waals surface area contributed by atoms with Crippen molar-refractivity contribution in [1.82, 2.24) is 9.78 Å². The van der Waals surface area contributed by atoms with Gasteiger partial charge < -0.3 is 10.4 Å². The van der Waals surface area contributed by atoms with Crippen molar-refractivity contribution in [1.29, 1.82) is 0 Å². The SMILES string of the molecule is CC(C)(C)c1cc(NC(=O)CCC(=O)O)n(-c2ccc(Cl)cc2)n1. The lowest BCUT2D eigenvalue weighted by Gasteiger charge is -2.14. The summed E-state index contributed by atoms with van der Waals surface area (Å²) in [6, 6.07) is 8.88. The van der Waals surface area contributed by atoms with E-state index in [-0.39, 0.29) is 24.2 Å². The number of halogens is 1. The zero-order valence-corrected chi connectivity index (χ0v) is 14.6. The van der Waals surface area contributed by atoms with Gasteiger partial charge in [0, 0.05) is 22.9 Å². The molecule has 0 atom stereocenters. The molecule has 7 heteroatoms. The molecule has 2 rings (SSSR count). The molecule has 1 heterocycles. The summed E-state index contributed by atoms with van der Waals surface area (Å²) in [4.78, 5) is 22.6. The Bertz CT molecular complexity index is 745. The number of carboxylic acid groups (broad SMARTS) is 1. The summed E-state index contributed by atoms with van der Waals surface area (Å²) >= 11 is 5.92. The summed E-state index contributed by atoms with van der Waals surface area (Å²) in [6.07, 6.45) is -0.307. The molecule has 1 amide bonds. The number of hydrogen-bond donors (Lipinski definition) is 2. The van der Waals surface area contributed by atoms with E-state index in [2.05, 4.69) is 10.4 Å². The average molecular weight is 350 g/mol. The molecular formula is C17H20ClN3O3. The van der Waals surface area contributed by atoms with Gasteiger partial charge in [-0.3, -0.25) is 9.59 Å². The van der Waals surface area contributed by atoms with Crippen molar-refractivity contribution in [3.63, 3.8) is 0 Å². The third-order valence-electron chi connectivity index (χ3n) is 3.38. The molecule has 2 aromatic rings. The van der Waals surface area contributed by atoms with Crippen LogP contribution in [0.3, 0.4) is 0 Å². The molecule has 1 aromatic heterocycles. The minimum absolute atomic E-state index is 0.0913. The van der Waals surface area contributed by atoms with Crippen molar-refractivity contribution in [2.24, 2.45) is 0 Å². The first-order valence-electron chi connectivity index (χ1n) is 7.55. The molecular weight excluding hydrogens is 330 g/mol. The minimum atomic E-state index is -1.01. The van der Waals surface area contributed by atoms with E-state index >= 15 is 0 Å². The van der Waals surface area contributed by atoms with Crippen LogP contribution in [0.2, 0.25) is 5.02 Å². The van der Waals surface area contributed by atoms with Gasteiger partial charge in [0.15, 0.2) is 0 Å². The molecule has 0 spiro atoms. The largest absolute Gasteiger partial charge is 0.481 e. The topological polar surface area (TPSA) is 84.2 Å². The van der Waals surface area contributed by atoms with Crippen LogP contribution in [0.25, 0.3) is 5.69 Å². The summed E-state index contributed by atoms with van der Waals surface area (Å²) in [5, 5.41) is 16.6. The van der Waals surface area contributed by atoms with Crippen LogP contribution in [0.1, 0.15) is 39.3 Å². The van der Waals surface area contributed by atoms with Crippen LogP contribution in [0, 0.1) is 0 Å². The monoisotopic (exact) mass is 349 g/mol. The Morgan fingerprint density at radius 3 is 2.38 bits per heavy atom. The van der Waals surface area contributed by atoms with Gasteiger partial charge >= 0.3 is 5.97 Å². The first-order chi connectivity index (χ1) is 11.2. The fraction of sp³-hybridized carbons (Fsp3) is 0.353. The summed E-state index contributed by atoms with van der Waals surface area (Å²) < 4.78 is 1.62. The number of carbonyl (C=O) groups excluding carboxylic acids is 1. The number of carbonyl (C=O) groups is 2. The number of rotatable bonds is 5. The van der Waals surface area contributed by atoms with Crippen molar-refractivity contribution in [3.8, 4) is 5.69 Å². The van der Waals surface area contributed by atoms with E-state index in [9.17, 15) is 9.59 Å². The smallest absolute Gasteiger partial charge is 0.303 e. The van der Waals surface area contributed by atoms with Gasteiger partial charge in [-0.05, 0) is 24.3 Å². The van der Waals surface area contributed by atoms with Gasteiger partial charge in [0.25, 0.3) is 0 Å². The molecule has 24 heavy (non-hydrogen) atoms. The number of carboxylic acids is 1. The first-order valence-corrected chi connectivity index (χ1v) is 7.93. The average Bonchev–Trinajstić information content (AvgIpc) is 2.90. The second-order valence-electron chi connectivity index (χ2n) is 6.49. The molecule has 128 valence electrons. The van der Waals surface area contributed by atoms with E-state index in [1.807, 2.05) is 20.8 Å². The highest BCUT2D eigenvalue weighted by Crippen LogP contribution is 2.27. The maximum atomic E-state index is 12.0. The Morgan fingerprint density at radius 1 is 1.21 bits per heavy atom. The van der Waals surface area contributed by atoms with E-state index < -0.39 is 5.97 Å². The van der Waals surface area contributed by atoms with E-state index in [1.165, 1.54) is 0 Å². The van der Waals surface area contributed by atoms with Crippen molar-refractivity contribution >= 4 is 29.3 Å². The molecule has 0 fully saturated rings. The number of nitrogens with zero attached hydrogens (tertiary/aromatic N) is 2. The van der Waals surface area contributed by atoms with Gasteiger partial charge in [-0.25, -0.2) is 4.68 Å². The molecule has 2 N–H and O–H groups in total. The highest BCUT2D eigenvalue weighted by Gasteiger charge is 2.21. The second kappa shape index (κ2) is 7.05. The van der Waals surface area contributed by atoms with E-state index in [1.54, 1.807) is 35.0 Å². The zero-order valence-electron chi connectivity index (χ0n) is 13.8. The third kappa shape index (κ3) is 4.58. The molecule has 0 aliphatic rings. The highest BCUT2D eigenvalue weighted by atomic mass is 35.5. The van der Waals surface area contributed by atoms with Crippen molar-refractivity contribution < 1.29 is 14.7 Å². The Labute approximate surface area is 145 Å². The number of anilines is 1. The normalized spacial score (nSPS) is 11.3. The second-order valence-corrected chi connectivity index (χ2v) is 6.93. The fourth-order valence-corrected chi connectivity index (χ4v) is 2.17. The Morgan fingerprint density at radius 2 is 1.83 bits per heavy atom. The Hall–Kier alpha value is -2.34. The number of aromatic nitrogens is 2. The number of hydrogen-bond acceptors (Lipinski definition) is 3. The van der Waals surface area contributed by atoms with Gasteiger partial charge in [-0.2, -0.15) is 5.10 Å². The maximum Gasteiger partial charge on any atom is 0.303 e. The van der Waals surface area contributed by atoms with Crippen LogP contribution in [0.15, 0.2) is 30.3 Å². The number of amides is 1. The summed E-state index contributed by atoms with van der Waals surface area (Å²) in [5.74, 6) is -0.877. The summed E-state index contributed by atoms with van der Waals surface area (Å²) in [6.45, 7) is 6.08. The fourth-order valence-electron chi connectivity index (χ4n) is 2.04. The summed E-state index contributed by atoms with van der Waals surface area (Å²) in [7, 11) is 0. The van der Waals surface area contributed by atoms with Crippen LogP contribution < -0.4 is 5.32 Å². The van der Waals surface area contributed by atoms with E-state index in [0.717, 1.165) is 11.4 Å². The Kier molecular flexibility index (Phi) is 5.29. The lowest BCUT2D eigenvalue weighted by atomic mass is 9.92. The molecule has 0 saturated heterocycles. The van der Waals surface area contributed by atoms with Gasteiger partial charge in [0.2, 0.25) is 5.91 Å². The molecule has 0 aliphatic heterocycles. The lowest BCUT2D eigenvalue weighted by Crippen LogP contribution is -2.16. The highest BCUT2D eigenvalue weighted by molar-refractivity contribution is 6.30. The molecule has 0 unspecified atom stereocenters. The molecule has 0 radical (unpaired) electrons. The number of aliphatic carboxylic acids is 1. The van der Waals surface area contributed by atoms with Gasteiger partial charge in [-0.1, -0.05) is 32.4 Å². The molecule has 0 saturated carbocycles. The number of nitrogens with one attached hydrogen (secondary N) is 1. The zero-order chi connectivity index (χ0) is 17.9. The minimum Gasteiger partial charge on any atom is -0.481 e. The van der Waals surface area contributed by atoms with E-state index in [4.69, 9.17) is 16.7 Å². The van der Waals surface area contributed by atoms with Crippen LogP contribution >= 0.6 is 11.6 Å². The van der Waals surface area contributed by atoms with Gasteiger partial charge in [-0.15, -0.1) is 0 Å². The third-order valence-corrected chi connectivity index (χ3v) is 3.63. The maximum absolute atomic E-state index is 12.0. The molecule has 1 aromatic carbocycles. The molecule has 6 nitrogen and oxygen atoms in total. The van der Waals surface area contributed by atoms with Crippen LogP contribution in [0.4, 0.5) is 5.82 Å². The van der Waals surface area contributed by atoms with Crippen molar-refractivity contribution in [3.05, 3.63) is 41.0 Å². The molecule has 0 aliphatic carbocycles. The predicted octanol–water partition coefficient (Wildman–Crippen LogP) is 3.63. The number of benzene rings is 1.